The van der Waals surface area contributed by atoms with Gasteiger partial charge in [-0.15, -0.1) is 0 Å². The number of nitrogens with one attached hydrogen (secondary N) is 1. The van der Waals surface area contributed by atoms with Crippen LogP contribution in [0.4, 0.5) is 0 Å². The molecule has 0 saturated heterocycles. The lowest BCUT2D eigenvalue weighted by Gasteiger charge is -2.35. The molecule has 4 atom stereocenters. The summed E-state index contributed by atoms with van der Waals surface area (Å²) in [7, 11) is 0. The van der Waals surface area contributed by atoms with Gasteiger partial charge in [-0.1, -0.05) is 133 Å². The average Bonchev–Trinajstić information content (AvgIpc) is 3.82. The van der Waals surface area contributed by atoms with Crippen LogP contribution in [0.1, 0.15) is 36.3 Å². The average molecular weight is 724 g/mol. The van der Waals surface area contributed by atoms with Crippen molar-refractivity contribution in [3.05, 3.63) is 199 Å². The van der Waals surface area contributed by atoms with Crippen LogP contribution in [0, 0.1) is 5.92 Å². The summed E-state index contributed by atoms with van der Waals surface area (Å²) in [5.74, 6) is 2.43. The number of nitrogens with zero attached hydrogens (tertiary/aromatic N) is 2. The minimum Gasteiger partial charge on any atom is -0.485 e. The second-order valence-corrected chi connectivity index (χ2v) is 15.4. The Balaban J connectivity index is 1.01. The Morgan fingerprint density at radius 1 is 0.643 bits per heavy atom. The van der Waals surface area contributed by atoms with Gasteiger partial charge >= 0.3 is 0 Å². The molecule has 2 aliphatic heterocycles. The van der Waals surface area contributed by atoms with Crippen molar-refractivity contribution < 1.29 is 4.74 Å². The number of hydrogen-bond donors (Lipinski definition) is 1. The lowest BCUT2D eigenvalue weighted by atomic mass is 9.73. The molecule has 0 amide bonds. The van der Waals surface area contributed by atoms with Gasteiger partial charge in [-0.3, -0.25) is 4.99 Å². The molecule has 4 aliphatic rings. The van der Waals surface area contributed by atoms with E-state index in [9.17, 15) is 0 Å². The highest BCUT2D eigenvalue weighted by Crippen LogP contribution is 2.50. The molecule has 0 fully saturated rings. The van der Waals surface area contributed by atoms with E-state index < -0.39 is 0 Å². The summed E-state index contributed by atoms with van der Waals surface area (Å²) in [5.41, 5.74) is 13.2. The maximum Gasteiger partial charge on any atom is 0.129 e. The number of amidine groups is 1. The van der Waals surface area contributed by atoms with Crippen LogP contribution in [0.2, 0.25) is 0 Å². The maximum absolute atomic E-state index is 6.90. The summed E-state index contributed by atoms with van der Waals surface area (Å²) in [5, 5.41) is 6.20. The topological polar surface area (TPSA) is 38.5 Å². The molecule has 0 saturated carbocycles. The van der Waals surface area contributed by atoms with E-state index in [0.717, 1.165) is 42.2 Å². The smallest absolute Gasteiger partial charge is 0.129 e. The summed E-state index contributed by atoms with van der Waals surface area (Å²) in [6, 6.07) is 52.7. The van der Waals surface area contributed by atoms with Crippen LogP contribution < -0.4 is 10.1 Å². The lowest BCUT2D eigenvalue weighted by molar-refractivity contribution is 0.203. The molecule has 0 bridgehead atoms. The molecule has 3 heterocycles. The van der Waals surface area contributed by atoms with Gasteiger partial charge in [0.1, 0.15) is 17.7 Å². The molecule has 0 spiro atoms. The summed E-state index contributed by atoms with van der Waals surface area (Å²) in [4.78, 5) is 5.46. The predicted molar refractivity (Wildman–Crippen MR) is 231 cm³/mol. The molecule has 2 aliphatic carbocycles. The van der Waals surface area contributed by atoms with Crippen LogP contribution in [0.25, 0.3) is 55.4 Å². The van der Waals surface area contributed by atoms with Crippen molar-refractivity contribution in [2.45, 2.75) is 37.3 Å². The zero-order valence-corrected chi connectivity index (χ0v) is 31.1. The fourth-order valence-electron chi connectivity index (χ4n) is 9.39. The molecule has 1 N–H and O–H groups in total. The summed E-state index contributed by atoms with van der Waals surface area (Å²) >= 11 is 0. The van der Waals surface area contributed by atoms with Gasteiger partial charge in [0.25, 0.3) is 0 Å². The van der Waals surface area contributed by atoms with E-state index in [0.29, 0.717) is 0 Å². The summed E-state index contributed by atoms with van der Waals surface area (Å²) in [6.45, 7) is 0. The third-order valence-electron chi connectivity index (χ3n) is 12.1. The Morgan fingerprint density at radius 2 is 1.30 bits per heavy atom. The quantitative estimate of drug-likeness (QED) is 0.174. The maximum atomic E-state index is 6.90. The Morgan fingerprint density at radius 3 is 1.95 bits per heavy atom. The van der Waals surface area contributed by atoms with Gasteiger partial charge in [-0.25, -0.2) is 0 Å². The normalized spacial score (nSPS) is 21.1. The Kier molecular flexibility index (Phi) is 7.94. The molecule has 11 rings (SSSR count). The van der Waals surface area contributed by atoms with Crippen molar-refractivity contribution in [2.24, 2.45) is 10.9 Å². The molecule has 56 heavy (non-hydrogen) atoms. The molecular weight excluding hydrogens is 683 g/mol. The second kappa shape index (κ2) is 13.6. The summed E-state index contributed by atoms with van der Waals surface area (Å²) < 4.78 is 9.31. The Bertz CT molecular complexity index is 2690. The molecule has 7 aromatic rings. The number of benzene rings is 6. The Labute approximate surface area is 327 Å². The number of allylic oxidation sites excluding steroid dienone is 4. The van der Waals surface area contributed by atoms with E-state index in [1.165, 1.54) is 60.8 Å². The predicted octanol–water partition coefficient (Wildman–Crippen LogP) is 12.2. The van der Waals surface area contributed by atoms with Gasteiger partial charge in [-0.2, -0.15) is 0 Å². The first kappa shape index (κ1) is 32.8. The van der Waals surface area contributed by atoms with Crippen molar-refractivity contribution in [2.75, 3.05) is 0 Å². The standard InChI is InChI=1S/C52H41N3O/c1-5-14-34(15-6-1)38-24-28-47-43(30-38)44-31-39(35-16-7-2-8-17-35)25-29-48(44)55(47)40-26-27-42-50(32-40)56-49-23-13-22-41(51(42)49)46-33-45(36-18-9-3-10-19-36)53-52(54-46)37-20-11-4-12-21-37/h1-11,13-20,23-33,41,46,49,51H,12,21-22H2,(H,53,54). The first-order valence-corrected chi connectivity index (χ1v) is 19.9. The largest absolute Gasteiger partial charge is 0.485 e. The van der Waals surface area contributed by atoms with Crippen LogP contribution in [0.3, 0.4) is 0 Å². The number of ether oxygens (including phenoxy) is 1. The number of aliphatic imine (C=N–C) groups is 1. The monoisotopic (exact) mass is 723 g/mol. The lowest BCUT2D eigenvalue weighted by Crippen LogP contribution is -2.38. The summed E-state index contributed by atoms with van der Waals surface area (Å²) in [6.07, 6.45) is 16.5. The number of aromatic nitrogens is 1. The number of rotatable bonds is 6. The van der Waals surface area contributed by atoms with Gasteiger partial charge < -0.3 is 14.6 Å². The molecule has 1 aromatic heterocycles. The number of fused-ring (bicyclic) bond motifs is 6. The zero-order chi connectivity index (χ0) is 37.0. The molecule has 270 valence electrons. The third-order valence-corrected chi connectivity index (χ3v) is 12.1. The van der Waals surface area contributed by atoms with Gasteiger partial charge in [0.15, 0.2) is 0 Å². The van der Waals surface area contributed by atoms with Crippen molar-refractivity contribution in [1.29, 1.82) is 0 Å². The minimum absolute atomic E-state index is 0.00916. The second-order valence-electron chi connectivity index (χ2n) is 15.4. The zero-order valence-electron chi connectivity index (χ0n) is 31.1. The van der Waals surface area contributed by atoms with Crippen molar-refractivity contribution in [3.8, 4) is 33.7 Å². The molecule has 6 aromatic carbocycles. The molecule has 4 heteroatoms. The van der Waals surface area contributed by atoms with E-state index in [4.69, 9.17) is 9.73 Å². The highest BCUT2D eigenvalue weighted by atomic mass is 16.5. The third kappa shape index (κ3) is 5.64. The van der Waals surface area contributed by atoms with E-state index >= 15 is 0 Å². The van der Waals surface area contributed by atoms with Crippen LogP contribution >= 0.6 is 0 Å². The van der Waals surface area contributed by atoms with Crippen molar-refractivity contribution in [3.63, 3.8) is 0 Å². The van der Waals surface area contributed by atoms with Gasteiger partial charge in [0, 0.05) is 39.7 Å². The van der Waals surface area contributed by atoms with E-state index in [-0.39, 0.29) is 24.0 Å². The first-order chi connectivity index (χ1) is 27.7. The van der Waals surface area contributed by atoms with Crippen LogP contribution in [0.15, 0.2) is 193 Å². The fourth-order valence-corrected chi connectivity index (χ4v) is 9.39. The Hall–Kier alpha value is -6.65. The van der Waals surface area contributed by atoms with E-state index in [2.05, 4.69) is 192 Å². The molecule has 4 unspecified atom stereocenters. The molecule has 0 radical (unpaired) electrons. The number of hydrogen-bond acceptors (Lipinski definition) is 3. The molecule has 4 nitrogen and oxygen atoms in total. The van der Waals surface area contributed by atoms with Gasteiger partial charge in [0.2, 0.25) is 0 Å². The highest BCUT2D eigenvalue weighted by Gasteiger charge is 2.44. The van der Waals surface area contributed by atoms with Crippen LogP contribution in [-0.2, 0) is 0 Å². The van der Waals surface area contributed by atoms with Crippen molar-refractivity contribution >= 4 is 33.3 Å². The minimum atomic E-state index is -0.0297. The highest BCUT2D eigenvalue weighted by molar-refractivity contribution is 6.11. The molecular formula is C52H41N3O. The van der Waals surface area contributed by atoms with Crippen molar-refractivity contribution in [1.82, 2.24) is 9.88 Å². The first-order valence-electron chi connectivity index (χ1n) is 19.9. The van der Waals surface area contributed by atoms with E-state index in [1.807, 2.05) is 0 Å². The SMILES string of the molecule is C1=CCCC(C2=NC(C3CC=CC4Oc5cc(-n6c7ccc(-c8ccccc8)cc7c7cc(-c8ccccc8)ccc76)ccc5C43)C=C(c3ccccc3)N2)=C1. The fraction of sp³-hybridized carbons (Fsp3) is 0.135. The van der Waals surface area contributed by atoms with Crippen LogP contribution in [-0.4, -0.2) is 22.5 Å². The van der Waals surface area contributed by atoms with Gasteiger partial charge in [-0.05, 0) is 101 Å². The van der Waals surface area contributed by atoms with Gasteiger partial charge in [0.05, 0.1) is 17.1 Å². The van der Waals surface area contributed by atoms with Crippen LogP contribution in [0.5, 0.6) is 5.75 Å². The van der Waals surface area contributed by atoms with E-state index in [1.54, 1.807) is 0 Å².